The maximum Gasteiger partial charge on any atom is 0.269 e. The number of aliphatic hydroxyl groups is 5. The van der Waals surface area contributed by atoms with Crippen molar-refractivity contribution in [1.29, 1.82) is 0 Å². The van der Waals surface area contributed by atoms with Gasteiger partial charge in [0.25, 0.3) is 5.69 Å². The number of non-ortho nitro benzene ring substituents is 1. The van der Waals surface area contributed by atoms with Crippen molar-refractivity contribution in [3.63, 3.8) is 0 Å². The second kappa shape index (κ2) is 7.98. The fourth-order valence-electron chi connectivity index (χ4n) is 1.66. The van der Waals surface area contributed by atoms with Crippen LogP contribution in [0.2, 0.25) is 0 Å². The Kier molecular flexibility index (Phi) is 6.61. The molecule has 0 saturated carbocycles. The molecule has 22 heavy (non-hydrogen) atoms. The molecule has 2 rings (SSSR count). The molecular weight excluding hydrogens is 302 g/mol. The Morgan fingerprint density at radius 2 is 1.59 bits per heavy atom. The Labute approximate surface area is 124 Å². The number of hydrogen-bond donors (Lipinski definition) is 6. The maximum atomic E-state index is 10.0. The van der Waals surface area contributed by atoms with E-state index in [9.17, 15) is 10.1 Å². The van der Waals surface area contributed by atoms with Gasteiger partial charge in [-0.3, -0.25) is 10.1 Å². The van der Waals surface area contributed by atoms with Gasteiger partial charge in [0.15, 0.2) is 6.29 Å². The van der Waals surface area contributed by atoms with Gasteiger partial charge in [0, 0.05) is 12.1 Å². The van der Waals surface area contributed by atoms with Crippen LogP contribution in [0.3, 0.4) is 0 Å². The SMILES string of the molecule is O=[N+]([O-])c1ccc(O)cc1.OC[C@H]1O[C@H](O)[C@@H](O)[C@@H](O)[C@@H]1O. The third-order valence-electron chi connectivity index (χ3n) is 2.93. The number of aliphatic hydroxyl groups excluding tert-OH is 5. The lowest BCUT2D eigenvalue weighted by atomic mass is 10.00. The summed E-state index contributed by atoms with van der Waals surface area (Å²) in [7, 11) is 0. The molecule has 0 aromatic heterocycles. The highest BCUT2D eigenvalue weighted by Crippen LogP contribution is 2.19. The number of nitro benzene ring substituents is 1. The number of benzene rings is 1. The molecule has 0 unspecified atom stereocenters. The molecule has 1 saturated heterocycles. The molecule has 124 valence electrons. The molecule has 1 aliphatic heterocycles. The van der Waals surface area contributed by atoms with Crippen LogP contribution in [0.15, 0.2) is 24.3 Å². The molecule has 0 aliphatic carbocycles. The van der Waals surface area contributed by atoms with Crippen LogP contribution in [0.5, 0.6) is 5.75 Å². The van der Waals surface area contributed by atoms with E-state index in [4.69, 9.17) is 30.6 Å². The first-order valence-corrected chi connectivity index (χ1v) is 6.20. The summed E-state index contributed by atoms with van der Waals surface area (Å²) in [5.74, 6) is 0.0330. The van der Waals surface area contributed by atoms with Crippen molar-refractivity contribution in [2.75, 3.05) is 6.61 Å². The van der Waals surface area contributed by atoms with E-state index in [1.165, 1.54) is 24.3 Å². The first kappa shape index (κ1) is 18.2. The number of phenols is 1. The molecule has 0 bridgehead atoms. The minimum absolute atomic E-state index is 0.0159. The Morgan fingerprint density at radius 1 is 1.05 bits per heavy atom. The van der Waals surface area contributed by atoms with E-state index in [-0.39, 0.29) is 11.4 Å². The predicted octanol–water partition coefficient (Wildman–Crippen LogP) is -1.92. The van der Waals surface area contributed by atoms with E-state index in [2.05, 4.69) is 4.74 Å². The molecule has 1 aromatic carbocycles. The highest BCUT2D eigenvalue weighted by molar-refractivity contribution is 5.34. The van der Waals surface area contributed by atoms with Crippen LogP contribution in [-0.4, -0.2) is 72.9 Å². The minimum Gasteiger partial charge on any atom is -0.508 e. The average Bonchev–Trinajstić information content (AvgIpc) is 2.50. The second-order valence-corrected chi connectivity index (χ2v) is 4.49. The van der Waals surface area contributed by atoms with Crippen LogP contribution in [0.4, 0.5) is 5.69 Å². The van der Waals surface area contributed by atoms with Gasteiger partial charge in [-0.1, -0.05) is 0 Å². The summed E-state index contributed by atoms with van der Waals surface area (Å²) in [6.07, 6.45) is -7.04. The zero-order valence-electron chi connectivity index (χ0n) is 11.3. The molecule has 10 heteroatoms. The van der Waals surface area contributed by atoms with Gasteiger partial charge >= 0.3 is 0 Å². The van der Waals surface area contributed by atoms with Crippen LogP contribution in [0.1, 0.15) is 0 Å². The molecule has 6 N–H and O–H groups in total. The zero-order chi connectivity index (χ0) is 16.9. The van der Waals surface area contributed by atoms with Gasteiger partial charge < -0.3 is 35.4 Å². The molecule has 0 amide bonds. The Hall–Kier alpha value is -1.82. The van der Waals surface area contributed by atoms with Gasteiger partial charge in [-0.2, -0.15) is 0 Å². The Morgan fingerprint density at radius 3 is 2.05 bits per heavy atom. The fraction of sp³-hybridized carbons (Fsp3) is 0.500. The summed E-state index contributed by atoms with van der Waals surface area (Å²) in [4.78, 5) is 9.52. The number of nitro groups is 1. The summed E-state index contributed by atoms with van der Waals surface area (Å²) in [6.45, 7) is -0.526. The third kappa shape index (κ3) is 4.59. The number of aromatic hydroxyl groups is 1. The number of phenolic OH excluding ortho intramolecular Hbond substituents is 1. The highest BCUT2D eigenvalue weighted by atomic mass is 16.6. The molecule has 1 aliphatic rings. The van der Waals surface area contributed by atoms with Gasteiger partial charge in [0.1, 0.15) is 30.2 Å². The molecule has 5 atom stereocenters. The largest absolute Gasteiger partial charge is 0.508 e. The normalized spacial score (nSPS) is 31.0. The van der Waals surface area contributed by atoms with E-state index in [0.29, 0.717) is 0 Å². The van der Waals surface area contributed by atoms with Crippen molar-refractivity contribution in [2.24, 2.45) is 0 Å². The Bertz CT molecular complexity index is 475. The number of rotatable bonds is 2. The van der Waals surface area contributed by atoms with Gasteiger partial charge in [-0.25, -0.2) is 0 Å². The summed E-state index contributed by atoms with van der Waals surface area (Å²) in [5.41, 5.74) is -0.0159. The predicted molar refractivity (Wildman–Crippen MR) is 70.7 cm³/mol. The molecule has 0 radical (unpaired) electrons. The van der Waals surface area contributed by atoms with Crippen molar-refractivity contribution in [3.8, 4) is 5.75 Å². The van der Waals surface area contributed by atoms with Crippen LogP contribution >= 0.6 is 0 Å². The van der Waals surface area contributed by atoms with Gasteiger partial charge in [-0.05, 0) is 12.1 Å². The molecule has 1 fully saturated rings. The molecular formula is C12H17NO9. The summed E-state index contributed by atoms with van der Waals surface area (Å²) < 4.78 is 4.58. The van der Waals surface area contributed by atoms with Gasteiger partial charge in [0.2, 0.25) is 0 Å². The van der Waals surface area contributed by atoms with Crippen molar-refractivity contribution in [2.45, 2.75) is 30.7 Å². The third-order valence-corrected chi connectivity index (χ3v) is 2.93. The number of ether oxygens (including phenoxy) is 1. The fourth-order valence-corrected chi connectivity index (χ4v) is 1.66. The summed E-state index contributed by atoms with van der Waals surface area (Å²) >= 11 is 0. The van der Waals surface area contributed by atoms with Crippen molar-refractivity contribution < 1.29 is 40.3 Å². The van der Waals surface area contributed by atoms with E-state index >= 15 is 0 Å². The van der Waals surface area contributed by atoms with E-state index in [1.807, 2.05) is 0 Å². The lowest BCUT2D eigenvalue weighted by Crippen LogP contribution is -2.58. The van der Waals surface area contributed by atoms with Crippen LogP contribution in [0, 0.1) is 10.1 Å². The topological polar surface area (TPSA) is 174 Å². The molecule has 10 nitrogen and oxygen atoms in total. The van der Waals surface area contributed by atoms with Crippen molar-refractivity contribution in [3.05, 3.63) is 34.4 Å². The molecule has 0 spiro atoms. The van der Waals surface area contributed by atoms with Gasteiger partial charge in [-0.15, -0.1) is 0 Å². The maximum absolute atomic E-state index is 10.0. The first-order valence-electron chi connectivity index (χ1n) is 6.20. The average molecular weight is 319 g/mol. The summed E-state index contributed by atoms with van der Waals surface area (Å²) in [6, 6.07) is 5.04. The Balaban J connectivity index is 0.000000224. The quantitative estimate of drug-likeness (QED) is 0.268. The summed E-state index contributed by atoms with van der Waals surface area (Å²) in [5, 5.41) is 63.4. The van der Waals surface area contributed by atoms with E-state index in [1.54, 1.807) is 0 Å². The standard InChI is InChI=1S/C6H5NO3.C6H12O6/c8-6-3-1-5(2-4-6)7(9)10;7-1-2-3(8)4(9)5(10)6(11)12-2/h1-4,8H;2-11H,1H2/t;2-,3-,4+,5+,6+/m.1/s1. The van der Waals surface area contributed by atoms with E-state index < -0.39 is 42.2 Å². The lowest BCUT2D eigenvalue weighted by molar-refractivity contribution is -0.384. The zero-order valence-corrected chi connectivity index (χ0v) is 11.3. The molecule has 1 aromatic rings. The minimum atomic E-state index is -1.57. The number of nitrogens with zero attached hydrogens (tertiary/aromatic N) is 1. The van der Waals surface area contributed by atoms with E-state index in [0.717, 1.165) is 0 Å². The van der Waals surface area contributed by atoms with Gasteiger partial charge in [0.05, 0.1) is 11.5 Å². The second-order valence-electron chi connectivity index (χ2n) is 4.49. The lowest BCUT2D eigenvalue weighted by Gasteiger charge is -2.37. The van der Waals surface area contributed by atoms with Crippen LogP contribution < -0.4 is 0 Å². The van der Waals surface area contributed by atoms with Crippen molar-refractivity contribution >= 4 is 5.69 Å². The van der Waals surface area contributed by atoms with Crippen LogP contribution in [0.25, 0.3) is 0 Å². The number of hydrogen-bond acceptors (Lipinski definition) is 9. The first-order chi connectivity index (χ1) is 10.3. The van der Waals surface area contributed by atoms with Crippen LogP contribution in [-0.2, 0) is 4.74 Å². The monoisotopic (exact) mass is 319 g/mol. The molecule has 1 heterocycles. The smallest absolute Gasteiger partial charge is 0.269 e. The van der Waals surface area contributed by atoms with Crippen molar-refractivity contribution in [1.82, 2.24) is 0 Å². The highest BCUT2D eigenvalue weighted by Gasteiger charge is 2.42.